The smallest absolute Gasteiger partial charge is 0.306 e. The van der Waals surface area contributed by atoms with E-state index in [1.807, 2.05) is 6.92 Å². The van der Waals surface area contributed by atoms with Crippen molar-refractivity contribution >= 4 is 5.97 Å². The molecule has 0 bridgehead atoms. The van der Waals surface area contributed by atoms with E-state index in [1.54, 1.807) is 0 Å². The molecule has 1 saturated carbocycles. The van der Waals surface area contributed by atoms with Gasteiger partial charge in [0.2, 0.25) is 0 Å². The fourth-order valence-corrected chi connectivity index (χ4v) is 2.04. The molecule has 0 spiro atoms. The van der Waals surface area contributed by atoms with Crippen LogP contribution in [0.15, 0.2) is 0 Å². The molecule has 0 radical (unpaired) electrons. The largest absolute Gasteiger partial charge is 0.481 e. The van der Waals surface area contributed by atoms with Crippen LogP contribution in [-0.4, -0.2) is 11.1 Å². The van der Waals surface area contributed by atoms with Crippen LogP contribution in [0.4, 0.5) is 0 Å². The van der Waals surface area contributed by atoms with Gasteiger partial charge in [-0.05, 0) is 24.2 Å². The van der Waals surface area contributed by atoms with E-state index < -0.39 is 5.97 Å². The summed E-state index contributed by atoms with van der Waals surface area (Å²) in [5.41, 5.74) is 0. The maximum Gasteiger partial charge on any atom is 0.306 e. The second-order valence-corrected chi connectivity index (χ2v) is 3.88. The average molecular weight is 156 g/mol. The number of rotatable bonds is 1. The molecular formula is C9H16O2. The van der Waals surface area contributed by atoms with Crippen LogP contribution >= 0.6 is 0 Å². The van der Waals surface area contributed by atoms with E-state index in [9.17, 15) is 4.79 Å². The van der Waals surface area contributed by atoms with Crippen molar-refractivity contribution in [1.82, 2.24) is 0 Å². The standard InChI is InChI=1S/C9H16O2/c1-5-4-8(9(10)11)7(3)6(5)2/h5-8H,4H2,1-3H3,(H,10,11)/t5-,6+,7+,8-/m1/s1. The topological polar surface area (TPSA) is 37.3 Å². The highest BCUT2D eigenvalue weighted by molar-refractivity contribution is 5.70. The van der Waals surface area contributed by atoms with Crippen LogP contribution in [-0.2, 0) is 4.79 Å². The Bertz CT molecular complexity index is 165. The van der Waals surface area contributed by atoms with Crippen molar-refractivity contribution in [3.05, 3.63) is 0 Å². The molecule has 64 valence electrons. The van der Waals surface area contributed by atoms with Gasteiger partial charge in [-0.25, -0.2) is 0 Å². The summed E-state index contributed by atoms with van der Waals surface area (Å²) in [7, 11) is 0. The number of carboxylic acid groups (broad SMARTS) is 1. The monoisotopic (exact) mass is 156 g/mol. The Morgan fingerprint density at radius 1 is 1.27 bits per heavy atom. The van der Waals surface area contributed by atoms with Gasteiger partial charge < -0.3 is 5.11 Å². The molecule has 0 aliphatic heterocycles. The highest BCUT2D eigenvalue weighted by Crippen LogP contribution is 2.40. The molecule has 0 heterocycles. The van der Waals surface area contributed by atoms with Crippen molar-refractivity contribution in [3.63, 3.8) is 0 Å². The van der Waals surface area contributed by atoms with E-state index >= 15 is 0 Å². The van der Waals surface area contributed by atoms with Gasteiger partial charge in [-0.1, -0.05) is 20.8 Å². The fourth-order valence-electron chi connectivity index (χ4n) is 2.04. The summed E-state index contributed by atoms with van der Waals surface area (Å²) in [6, 6.07) is 0. The lowest BCUT2D eigenvalue weighted by Crippen LogP contribution is -2.18. The molecule has 1 N–H and O–H groups in total. The fraction of sp³-hybridized carbons (Fsp3) is 0.889. The molecular weight excluding hydrogens is 140 g/mol. The Balaban J connectivity index is 2.67. The SMILES string of the molecule is C[C@@H]1[C@H](C)[C@H](C(=O)O)C[C@H]1C. The molecule has 4 atom stereocenters. The van der Waals surface area contributed by atoms with E-state index in [4.69, 9.17) is 5.11 Å². The van der Waals surface area contributed by atoms with Crippen molar-refractivity contribution in [2.24, 2.45) is 23.7 Å². The summed E-state index contributed by atoms with van der Waals surface area (Å²) < 4.78 is 0. The molecule has 1 aliphatic rings. The van der Waals surface area contributed by atoms with Crippen LogP contribution in [0, 0.1) is 23.7 Å². The van der Waals surface area contributed by atoms with Gasteiger partial charge in [0.25, 0.3) is 0 Å². The normalized spacial score (nSPS) is 44.3. The van der Waals surface area contributed by atoms with Gasteiger partial charge in [0.15, 0.2) is 0 Å². The van der Waals surface area contributed by atoms with E-state index in [1.165, 1.54) is 0 Å². The molecule has 0 unspecified atom stereocenters. The van der Waals surface area contributed by atoms with Gasteiger partial charge in [0, 0.05) is 0 Å². The summed E-state index contributed by atoms with van der Waals surface area (Å²) in [5, 5.41) is 8.82. The molecule has 0 aromatic heterocycles. The molecule has 0 aromatic rings. The van der Waals surface area contributed by atoms with E-state index in [-0.39, 0.29) is 5.92 Å². The Hall–Kier alpha value is -0.530. The first-order valence-electron chi connectivity index (χ1n) is 4.26. The Morgan fingerprint density at radius 2 is 1.82 bits per heavy atom. The summed E-state index contributed by atoms with van der Waals surface area (Å²) in [5.74, 6) is 0.776. The Morgan fingerprint density at radius 3 is 2.00 bits per heavy atom. The summed E-state index contributed by atoms with van der Waals surface area (Å²) >= 11 is 0. The first-order valence-corrected chi connectivity index (χ1v) is 4.26. The number of hydrogen-bond donors (Lipinski definition) is 1. The van der Waals surface area contributed by atoms with Gasteiger partial charge in [-0.3, -0.25) is 4.79 Å². The van der Waals surface area contributed by atoms with Crippen molar-refractivity contribution < 1.29 is 9.90 Å². The molecule has 0 amide bonds. The van der Waals surface area contributed by atoms with Crippen LogP contribution in [0.2, 0.25) is 0 Å². The van der Waals surface area contributed by atoms with Crippen LogP contribution in [0.1, 0.15) is 27.2 Å². The molecule has 11 heavy (non-hydrogen) atoms. The van der Waals surface area contributed by atoms with E-state index in [0.717, 1.165) is 6.42 Å². The molecule has 1 rings (SSSR count). The molecule has 1 fully saturated rings. The quantitative estimate of drug-likeness (QED) is 0.630. The molecule has 1 aliphatic carbocycles. The second-order valence-electron chi connectivity index (χ2n) is 3.88. The van der Waals surface area contributed by atoms with Gasteiger partial charge in [0.1, 0.15) is 0 Å². The minimum Gasteiger partial charge on any atom is -0.481 e. The lowest BCUT2D eigenvalue weighted by molar-refractivity contribution is -0.142. The van der Waals surface area contributed by atoms with Crippen molar-refractivity contribution in [2.75, 3.05) is 0 Å². The first kappa shape index (κ1) is 8.57. The zero-order chi connectivity index (χ0) is 8.59. The highest BCUT2D eigenvalue weighted by atomic mass is 16.4. The van der Waals surface area contributed by atoms with Crippen molar-refractivity contribution in [2.45, 2.75) is 27.2 Å². The summed E-state index contributed by atoms with van der Waals surface area (Å²) in [4.78, 5) is 10.7. The first-order chi connectivity index (χ1) is 5.04. The Kier molecular flexibility index (Phi) is 2.21. The number of carbonyl (C=O) groups is 1. The molecule has 0 saturated heterocycles. The van der Waals surface area contributed by atoms with E-state index in [0.29, 0.717) is 17.8 Å². The third-order valence-electron chi connectivity index (χ3n) is 3.30. The third kappa shape index (κ3) is 1.39. The van der Waals surface area contributed by atoms with Crippen molar-refractivity contribution in [1.29, 1.82) is 0 Å². The summed E-state index contributed by atoms with van der Waals surface area (Å²) in [6.07, 6.45) is 0.859. The number of aliphatic carboxylic acids is 1. The maximum atomic E-state index is 10.7. The third-order valence-corrected chi connectivity index (χ3v) is 3.30. The number of carboxylic acids is 1. The van der Waals surface area contributed by atoms with Crippen LogP contribution in [0.5, 0.6) is 0 Å². The van der Waals surface area contributed by atoms with Gasteiger partial charge >= 0.3 is 5.97 Å². The Labute approximate surface area is 67.6 Å². The van der Waals surface area contributed by atoms with Crippen LogP contribution < -0.4 is 0 Å². The van der Waals surface area contributed by atoms with Crippen LogP contribution in [0.25, 0.3) is 0 Å². The van der Waals surface area contributed by atoms with Gasteiger partial charge in [-0.15, -0.1) is 0 Å². The van der Waals surface area contributed by atoms with Gasteiger partial charge in [0.05, 0.1) is 5.92 Å². The average Bonchev–Trinajstić information content (AvgIpc) is 2.17. The second kappa shape index (κ2) is 2.84. The minimum absolute atomic E-state index is 0.0972. The molecule has 2 nitrogen and oxygen atoms in total. The van der Waals surface area contributed by atoms with Gasteiger partial charge in [-0.2, -0.15) is 0 Å². The summed E-state index contributed by atoms with van der Waals surface area (Å²) in [6.45, 7) is 6.34. The maximum absolute atomic E-state index is 10.7. The minimum atomic E-state index is -0.617. The zero-order valence-corrected chi connectivity index (χ0v) is 7.37. The van der Waals surface area contributed by atoms with Crippen molar-refractivity contribution in [3.8, 4) is 0 Å². The predicted octanol–water partition coefficient (Wildman–Crippen LogP) is 2.00. The predicted molar refractivity (Wildman–Crippen MR) is 43.2 cm³/mol. The van der Waals surface area contributed by atoms with Crippen LogP contribution in [0.3, 0.4) is 0 Å². The highest BCUT2D eigenvalue weighted by Gasteiger charge is 2.39. The zero-order valence-electron chi connectivity index (χ0n) is 7.37. The lowest BCUT2D eigenvalue weighted by atomic mass is 9.91. The lowest BCUT2D eigenvalue weighted by Gasteiger charge is -2.14. The number of hydrogen-bond acceptors (Lipinski definition) is 1. The molecule has 0 aromatic carbocycles. The molecule has 2 heteroatoms. The van der Waals surface area contributed by atoms with E-state index in [2.05, 4.69) is 13.8 Å².